The monoisotopic (exact) mass is 308 g/mol. The standard InChI is InChI=1S/C14H17ClN4O2/c1-20-12-8-11(16)10(15)7-9(12)13-17-14(18-21-13)19-5-3-2-4-6-19/h7-8H,2-6,16H2,1H3. The zero-order valence-corrected chi connectivity index (χ0v) is 12.6. The molecule has 0 aliphatic carbocycles. The van der Waals surface area contributed by atoms with Gasteiger partial charge in [-0.15, -0.1) is 0 Å². The Hall–Kier alpha value is -1.95. The number of methoxy groups -OCH3 is 1. The molecule has 1 fully saturated rings. The molecule has 0 bridgehead atoms. The highest BCUT2D eigenvalue weighted by Crippen LogP contribution is 2.36. The molecule has 3 rings (SSSR count). The van der Waals surface area contributed by atoms with E-state index in [-0.39, 0.29) is 0 Å². The summed E-state index contributed by atoms with van der Waals surface area (Å²) in [6.45, 7) is 1.91. The van der Waals surface area contributed by atoms with Crippen molar-refractivity contribution in [1.29, 1.82) is 0 Å². The van der Waals surface area contributed by atoms with Gasteiger partial charge in [-0.2, -0.15) is 4.98 Å². The summed E-state index contributed by atoms with van der Waals surface area (Å²) < 4.78 is 10.7. The molecular weight excluding hydrogens is 292 g/mol. The number of nitrogens with zero attached hydrogens (tertiary/aromatic N) is 3. The first-order valence-electron chi connectivity index (χ1n) is 6.91. The van der Waals surface area contributed by atoms with Crippen LogP contribution in [-0.2, 0) is 0 Å². The quantitative estimate of drug-likeness (QED) is 0.878. The van der Waals surface area contributed by atoms with Crippen LogP contribution in [0, 0.1) is 0 Å². The molecule has 1 aromatic heterocycles. The molecule has 112 valence electrons. The fourth-order valence-electron chi connectivity index (χ4n) is 2.45. The normalized spacial score (nSPS) is 15.2. The molecule has 1 aliphatic rings. The topological polar surface area (TPSA) is 77.4 Å². The number of ether oxygens (including phenoxy) is 1. The van der Waals surface area contributed by atoms with E-state index < -0.39 is 0 Å². The van der Waals surface area contributed by atoms with Gasteiger partial charge in [-0.05, 0) is 30.5 Å². The van der Waals surface area contributed by atoms with Gasteiger partial charge in [0.25, 0.3) is 11.8 Å². The summed E-state index contributed by atoms with van der Waals surface area (Å²) in [7, 11) is 1.56. The Kier molecular flexibility index (Phi) is 3.88. The lowest BCUT2D eigenvalue weighted by Crippen LogP contribution is -2.30. The number of rotatable bonds is 3. The van der Waals surface area contributed by atoms with E-state index in [0.29, 0.717) is 33.9 Å². The van der Waals surface area contributed by atoms with Gasteiger partial charge in [0.05, 0.1) is 23.4 Å². The van der Waals surface area contributed by atoms with Crippen LogP contribution in [0.5, 0.6) is 5.75 Å². The third kappa shape index (κ3) is 2.76. The van der Waals surface area contributed by atoms with Gasteiger partial charge < -0.3 is 19.9 Å². The maximum atomic E-state index is 6.07. The maximum absolute atomic E-state index is 6.07. The van der Waals surface area contributed by atoms with Crippen molar-refractivity contribution in [3.05, 3.63) is 17.2 Å². The Morgan fingerprint density at radius 1 is 1.29 bits per heavy atom. The molecule has 0 radical (unpaired) electrons. The summed E-state index contributed by atoms with van der Waals surface area (Å²) in [5, 5.41) is 4.49. The highest BCUT2D eigenvalue weighted by atomic mass is 35.5. The Morgan fingerprint density at radius 2 is 2.05 bits per heavy atom. The first-order chi connectivity index (χ1) is 10.2. The first-order valence-corrected chi connectivity index (χ1v) is 7.29. The number of hydrogen-bond acceptors (Lipinski definition) is 6. The van der Waals surface area contributed by atoms with Crippen molar-refractivity contribution in [3.8, 4) is 17.2 Å². The van der Waals surface area contributed by atoms with E-state index in [4.69, 9.17) is 26.6 Å². The Bertz CT molecular complexity index is 638. The lowest BCUT2D eigenvalue weighted by Gasteiger charge is -2.24. The predicted molar refractivity (Wildman–Crippen MR) is 81.8 cm³/mol. The smallest absolute Gasteiger partial charge is 0.266 e. The number of halogens is 1. The maximum Gasteiger partial charge on any atom is 0.266 e. The molecule has 0 unspecified atom stereocenters. The molecule has 0 atom stereocenters. The summed E-state index contributed by atoms with van der Waals surface area (Å²) >= 11 is 6.07. The number of aromatic nitrogens is 2. The van der Waals surface area contributed by atoms with Crippen LogP contribution in [0.15, 0.2) is 16.7 Å². The van der Waals surface area contributed by atoms with E-state index in [1.807, 2.05) is 0 Å². The van der Waals surface area contributed by atoms with Crippen LogP contribution in [0.2, 0.25) is 5.02 Å². The summed E-state index contributed by atoms with van der Waals surface area (Å²) in [5.41, 5.74) is 6.88. The molecule has 7 heteroatoms. The third-order valence-corrected chi connectivity index (χ3v) is 3.93. The predicted octanol–water partition coefficient (Wildman–Crippen LogP) is 2.97. The van der Waals surface area contributed by atoms with Gasteiger partial charge in [0.15, 0.2) is 0 Å². The van der Waals surface area contributed by atoms with Gasteiger partial charge in [-0.3, -0.25) is 0 Å². The SMILES string of the molecule is COc1cc(N)c(Cl)cc1-c1nc(N2CCCCC2)no1. The number of anilines is 2. The molecule has 2 heterocycles. The van der Waals surface area contributed by atoms with Gasteiger partial charge >= 0.3 is 0 Å². The second-order valence-corrected chi connectivity index (χ2v) is 5.43. The van der Waals surface area contributed by atoms with E-state index in [1.54, 1.807) is 19.2 Å². The van der Waals surface area contributed by atoms with Crippen molar-refractivity contribution in [2.75, 3.05) is 30.8 Å². The van der Waals surface area contributed by atoms with E-state index >= 15 is 0 Å². The van der Waals surface area contributed by atoms with Gasteiger partial charge in [0, 0.05) is 19.2 Å². The van der Waals surface area contributed by atoms with Crippen LogP contribution in [0.3, 0.4) is 0 Å². The largest absolute Gasteiger partial charge is 0.496 e. The van der Waals surface area contributed by atoms with Crippen LogP contribution in [0.25, 0.3) is 11.5 Å². The Labute approximate surface area is 127 Å². The molecule has 2 aromatic rings. The van der Waals surface area contributed by atoms with Crippen LogP contribution in [0.4, 0.5) is 11.6 Å². The molecule has 1 saturated heterocycles. The Morgan fingerprint density at radius 3 is 2.76 bits per heavy atom. The minimum atomic E-state index is 0.384. The number of nitrogen functional groups attached to an aromatic ring is 1. The van der Waals surface area contributed by atoms with Crippen LogP contribution >= 0.6 is 11.6 Å². The molecule has 0 spiro atoms. The average molecular weight is 309 g/mol. The van der Waals surface area contributed by atoms with Crippen molar-refractivity contribution >= 4 is 23.2 Å². The molecule has 1 aliphatic heterocycles. The average Bonchev–Trinajstić information content (AvgIpc) is 3.00. The minimum Gasteiger partial charge on any atom is -0.496 e. The highest BCUT2D eigenvalue weighted by molar-refractivity contribution is 6.33. The van der Waals surface area contributed by atoms with Crippen molar-refractivity contribution in [2.45, 2.75) is 19.3 Å². The number of benzene rings is 1. The van der Waals surface area contributed by atoms with Crippen LogP contribution < -0.4 is 15.4 Å². The minimum absolute atomic E-state index is 0.384. The van der Waals surface area contributed by atoms with Gasteiger partial charge in [0.1, 0.15) is 5.75 Å². The molecule has 0 saturated carbocycles. The lowest BCUT2D eigenvalue weighted by molar-refractivity contribution is 0.404. The van der Waals surface area contributed by atoms with E-state index in [2.05, 4.69) is 15.0 Å². The molecular formula is C14H17ClN4O2. The number of piperidine rings is 1. The first kappa shape index (κ1) is 14.0. The second kappa shape index (κ2) is 5.81. The van der Waals surface area contributed by atoms with Gasteiger partial charge in [0.2, 0.25) is 0 Å². The highest BCUT2D eigenvalue weighted by Gasteiger charge is 2.20. The Balaban J connectivity index is 1.94. The van der Waals surface area contributed by atoms with Crippen LogP contribution in [-0.4, -0.2) is 30.3 Å². The zero-order valence-electron chi connectivity index (χ0n) is 11.8. The van der Waals surface area contributed by atoms with E-state index in [1.165, 1.54) is 6.42 Å². The van der Waals surface area contributed by atoms with Gasteiger partial charge in [-0.25, -0.2) is 0 Å². The van der Waals surface area contributed by atoms with E-state index in [0.717, 1.165) is 25.9 Å². The summed E-state index contributed by atoms with van der Waals surface area (Å²) in [5.74, 6) is 1.56. The summed E-state index contributed by atoms with van der Waals surface area (Å²) in [6, 6.07) is 3.34. The van der Waals surface area contributed by atoms with Crippen molar-refractivity contribution in [3.63, 3.8) is 0 Å². The van der Waals surface area contributed by atoms with Crippen molar-refractivity contribution in [1.82, 2.24) is 10.1 Å². The second-order valence-electron chi connectivity index (χ2n) is 5.02. The molecule has 6 nitrogen and oxygen atoms in total. The fourth-order valence-corrected chi connectivity index (χ4v) is 2.62. The van der Waals surface area contributed by atoms with E-state index in [9.17, 15) is 0 Å². The number of hydrogen-bond donors (Lipinski definition) is 1. The van der Waals surface area contributed by atoms with Crippen molar-refractivity contribution < 1.29 is 9.26 Å². The molecule has 2 N–H and O–H groups in total. The fraction of sp³-hybridized carbons (Fsp3) is 0.429. The van der Waals surface area contributed by atoms with Crippen molar-refractivity contribution in [2.24, 2.45) is 0 Å². The molecule has 1 aromatic carbocycles. The van der Waals surface area contributed by atoms with Crippen LogP contribution in [0.1, 0.15) is 19.3 Å². The summed E-state index contributed by atoms with van der Waals surface area (Å²) in [6.07, 6.45) is 3.56. The molecule has 0 amide bonds. The number of nitrogens with two attached hydrogens (primary N) is 1. The van der Waals surface area contributed by atoms with Gasteiger partial charge in [-0.1, -0.05) is 11.6 Å². The zero-order chi connectivity index (χ0) is 14.8. The molecule has 21 heavy (non-hydrogen) atoms. The summed E-state index contributed by atoms with van der Waals surface area (Å²) in [4.78, 5) is 6.58. The lowest BCUT2D eigenvalue weighted by atomic mass is 10.1. The third-order valence-electron chi connectivity index (χ3n) is 3.60.